The molecular weight excluding hydrogens is 376 g/mol. The van der Waals surface area contributed by atoms with E-state index in [4.69, 9.17) is 9.84 Å². The molecule has 0 spiro atoms. The molecule has 0 bridgehead atoms. The molecule has 0 aliphatic heterocycles. The van der Waals surface area contributed by atoms with E-state index in [0.29, 0.717) is 0 Å². The summed E-state index contributed by atoms with van der Waals surface area (Å²) < 4.78 is 5.39. The van der Waals surface area contributed by atoms with Crippen LogP contribution in [0.3, 0.4) is 0 Å². The summed E-state index contributed by atoms with van der Waals surface area (Å²) in [6.45, 7) is 1.14. The average Bonchev–Trinajstić information content (AvgIpc) is 3.04. The second-order valence-electron chi connectivity index (χ2n) is 6.76. The van der Waals surface area contributed by atoms with Crippen molar-refractivity contribution < 1.29 is 29.1 Å². The van der Waals surface area contributed by atoms with E-state index in [-0.39, 0.29) is 19.1 Å². The molecule has 0 heterocycles. The van der Waals surface area contributed by atoms with Gasteiger partial charge in [-0.25, -0.2) is 15.1 Å². The summed E-state index contributed by atoms with van der Waals surface area (Å²) in [6.07, 6.45) is -0.627. The summed E-state index contributed by atoms with van der Waals surface area (Å²) in [5.74, 6) is -2.40. The van der Waals surface area contributed by atoms with Crippen LogP contribution in [-0.2, 0) is 19.2 Å². The smallest absolute Gasteiger partial charge is 0.407 e. The number of alkyl carbamates (subject to hydrolysis) is 1. The van der Waals surface area contributed by atoms with Crippen LogP contribution in [0.4, 0.5) is 4.79 Å². The van der Waals surface area contributed by atoms with E-state index in [1.807, 2.05) is 41.9 Å². The summed E-state index contributed by atoms with van der Waals surface area (Å²) in [7, 11) is 0. The molecular formula is C21H22N2O6. The lowest BCUT2D eigenvalue weighted by molar-refractivity contribution is -0.150. The Labute approximate surface area is 167 Å². The largest absolute Gasteiger partial charge is 0.479 e. The van der Waals surface area contributed by atoms with Crippen LogP contribution in [0.15, 0.2) is 48.5 Å². The third-order valence-electron chi connectivity index (χ3n) is 4.71. The highest BCUT2D eigenvalue weighted by atomic mass is 16.7. The van der Waals surface area contributed by atoms with Gasteiger partial charge in [0, 0.05) is 12.5 Å². The molecule has 8 nitrogen and oxygen atoms in total. The van der Waals surface area contributed by atoms with E-state index in [2.05, 4.69) is 22.3 Å². The highest BCUT2D eigenvalue weighted by Crippen LogP contribution is 2.44. The number of ether oxygens (including phenoxy) is 1. The zero-order chi connectivity index (χ0) is 20.8. The predicted octanol–water partition coefficient (Wildman–Crippen LogP) is 2.29. The molecule has 0 saturated carbocycles. The lowest BCUT2D eigenvalue weighted by atomic mass is 9.98. The molecule has 2 amide bonds. The minimum atomic E-state index is -1.20. The molecule has 0 radical (unpaired) electrons. The molecule has 0 aromatic heterocycles. The highest BCUT2D eigenvalue weighted by Gasteiger charge is 2.29. The zero-order valence-corrected chi connectivity index (χ0v) is 15.9. The Bertz CT molecular complexity index is 868. The number of hydrogen-bond donors (Lipinski definition) is 3. The van der Waals surface area contributed by atoms with Crippen LogP contribution in [0.25, 0.3) is 11.1 Å². The topological polar surface area (TPSA) is 114 Å². The van der Waals surface area contributed by atoms with Crippen LogP contribution in [0.5, 0.6) is 0 Å². The summed E-state index contributed by atoms with van der Waals surface area (Å²) in [6, 6.07) is 16.1. The van der Waals surface area contributed by atoms with E-state index >= 15 is 0 Å². The van der Waals surface area contributed by atoms with Crippen molar-refractivity contribution in [2.24, 2.45) is 5.92 Å². The third kappa shape index (κ3) is 4.91. The van der Waals surface area contributed by atoms with Crippen molar-refractivity contribution in [3.8, 4) is 11.1 Å². The molecule has 0 fully saturated rings. The monoisotopic (exact) mass is 398 g/mol. The van der Waals surface area contributed by atoms with Crippen molar-refractivity contribution in [3.05, 3.63) is 59.7 Å². The van der Waals surface area contributed by atoms with Crippen molar-refractivity contribution in [1.29, 1.82) is 0 Å². The second kappa shape index (κ2) is 9.20. The van der Waals surface area contributed by atoms with Crippen LogP contribution in [0, 0.1) is 5.92 Å². The lowest BCUT2D eigenvalue weighted by Crippen LogP contribution is -2.38. The fourth-order valence-corrected chi connectivity index (χ4v) is 3.25. The number of fused-ring (bicyclic) bond motifs is 3. The minimum Gasteiger partial charge on any atom is -0.479 e. The van der Waals surface area contributed by atoms with E-state index < -0.39 is 30.5 Å². The number of nitrogens with one attached hydrogen (secondary N) is 2. The number of benzene rings is 2. The van der Waals surface area contributed by atoms with Gasteiger partial charge in [-0.05, 0) is 22.3 Å². The van der Waals surface area contributed by atoms with Gasteiger partial charge in [-0.1, -0.05) is 55.5 Å². The van der Waals surface area contributed by atoms with Crippen molar-refractivity contribution in [2.45, 2.75) is 12.8 Å². The molecule has 0 saturated heterocycles. The number of carbonyl (C=O) groups excluding carboxylic acids is 2. The first-order valence-corrected chi connectivity index (χ1v) is 9.19. The van der Waals surface area contributed by atoms with E-state index in [1.165, 1.54) is 0 Å². The van der Waals surface area contributed by atoms with Gasteiger partial charge in [0.05, 0.1) is 5.92 Å². The number of rotatable bonds is 8. The molecule has 2 aromatic carbocycles. The maximum absolute atomic E-state index is 12.1. The quantitative estimate of drug-likeness (QED) is 0.588. The molecule has 1 aliphatic rings. The fourth-order valence-electron chi connectivity index (χ4n) is 3.25. The number of carbonyl (C=O) groups is 3. The van der Waals surface area contributed by atoms with Gasteiger partial charge in [0.15, 0.2) is 6.61 Å². The fraction of sp³-hybridized carbons (Fsp3) is 0.286. The second-order valence-corrected chi connectivity index (χ2v) is 6.76. The van der Waals surface area contributed by atoms with Crippen LogP contribution in [-0.4, -0.2) is 42.8 Å². The van der Waals surface area contributed by atoms with Crippen molar-refractivity contribution in [2.75, 3.05) is 19.8 Å². The van der Waals surface area contributed by atoms with E-state index in [1.54, 1.807) is 6.92 Å². The van der Waals surface area contributed by atoms with Crippen molar-refractivity contribution in [1.82, 2.24) is 10.8 Å². The Morgan fingerprint density at radius 2 is 1.62 bits per heavy atom. The molecule has 152 valence electrons. The van der Waals surface area contributed by atoms with Gasteiger partial charge in [-0.3, -0.25) is 9.63 Å². The Hall–Kier alpha value is -3.39. The number of amides is 2. The van der Waals surface area contributed by atoms with E-state index in [9.17, 15) is 14.4 Å². The van der Waals surface area contributed by atoms with Crippen molar-refractivity contribution >= 4 is 18.0 Å². The lowest BCUT2D eigenvalue weighted by Gasteiger charge is -2.16. The van der Waals surface area contributed by atoms with Gasteiger partial charge in [0.25, 0.3) is 0 Å². The highest BCUT2D eigenvalue weighted by molar-refractivity contribution is 5.80. The minimum absolute atomic E-state index is 0.0267. The average molecular weight is 398 g/mol. The molecule has 8 heteroatoms. The molecule has 2 aromatic rings. The van der Waals surface area contributed by atoms with Crippen LogP contribution < -0.4 is 10.8 Å². The molecule has 3 rings (SSSR count). The van der Waals surface area contributed by atoms with Crippen LogP contribution in [0.1, 0.15) is 24.0 Å². The van der Waals surface area contributed by atoms with Gasteiger partial charge >= 0.3 is 12.1 Å². The number of aliphatic carboxylic acids is 1. The molecule has 1 atom stereocenters. The Kier molecular flexibility index (Phi) is 6.46. The number of hydrogen-bond acceptors (Lipinski definition) is 5. The first kappa shape index (κ1) is 20.3. The molecule has 3 N–H and O–H groups in total. The summed E-state index contributed by atoms with van der Waals surface area (Å²) in [4.78, 5) is 38.7. The van der Waals surface area contributed by atoms with Crippen molar-refractivity contribution in [3.63, 3.8) is 0 Å². The first-order chi connectivity index (χ1) is 14.0. The first-order valence-electron chi connectivity index (χ1n) is 9.19. The number of carboxylic acid groups (broad SMARTS) is 1. The van der Waals surface area contributed by atoms with E-state index in [0.717, 1.165) is 22.3 Å². The Morgan fingerprint density at radius 1 is 1.03 bits per heavy atom. The van der Waals surface area contributed by atoms with Gasteiger partial charge in [-0.2, -0.15) is 0 Å². The number of carboxylic acids is 1. The maximum atomic E-state index is 12.1. The summed E-state index contributed by atoms with van der Waals surface area (Å²) in [5, 5.41) is 11.0. The Morgan fingerprint density at radius 3 is 2.21 bits per heavy atom. The molecule has 1 unspecified atom stereocenters. The third-order valence-corrected chi connectivity index (χ3v) is 4.71. The normalized spacial score (nSPS) is 13.1. The zero-order valence-electron chi connectivity index (χ0n) is 15.9. The molecule has 29 heavy (non-hydrogen) atoms. The Balaban J connectivity index is 1.50. The van der Waals surface area contributed by atoms with Gasteiger partial charge in [0.2, 0.25) is 5.91 Å². The summed E-state index contributed by atoms with van der Waals surface area (Å²) in [5.41, 5.74) is 6.54. The van der Waals surface area contributed by atoms with Gasteiger partial charge < -0.3 is 15.2 Å². The number of hydroxylamine groups is 1. The summed E-state index contributed by atoms with van der Waals surface area (Å²) >= 11 is 0. The maximum Gasteiger partial charge on any atom is 0.407 e. The predicted molar refractivity (Wildman–Crippen MR) is 104 cm³/mol. The van der Waals surface area contributed by atoms with Gasteiger partial charge in [-0.15, -0.1) is 0 Å². The SMILES string of the molecule is CC(CNC(=O)OCC1c2ccccc2-c2ccccc21)C(=O)NOCC(=O)O. The van der Waals surface area contributed by atoms with Gasteiger partial charge in [0.1, 0.15) is 6.61 Å². The van der Waals surface area contributed by atoms with Crippen LogP contribution >= 0.6 is 0 Å². The van der Waals surface area contributed by atoms with Crippen LogP contribution in [0.2, 0.25) is 0 Å². The standard InChI is InChI=1S/C21H22N2O6/c1-13(20(26)23-29-12-19(24)25)10-22-21(27)28-11-18-16-8-4-2-6-14(16)15-7-3-5-9-17(15)18/h2-9,13,18H,10-12H2,1H3,(H,22,27)(H,23,26)(H,24,25). The molecule has 1 aliphatic carbocycles.